The summed E-state index contributed by atoms with van der Waals surface area (Å²) in [6, 6.07) is 11.9. The van der Waals surface area contributed by atoms with E-state index in [-0.39, 0.29) is 10.8 Å². The molecule has 2 rings (SSSR count). The van der Waals surface area contributed by atoms with Crippen LogP contribution in [0, 0.1) is 5.82 Å². The maximum Gasteiger partial charge on any atom is 0.164 e. The summed E-state index contributed by atoms with van der Waals surface area (Å²) in [6.45, 7) is 0. The maximum absolute atomic E-state index is 13.0. The molecule has 0 aromatic heterocycles. The first-order valence-electron chi connectivity index (χ1n) is 6.22. The molecule has 0 N–H and O–H groups in total. The average molecular weight is 309 g/mol. The molecule has 0 aliphatic carbocycles. The largest absolute Gasteiger partial charge is 0.294 e. The van der Waals surface area contributed by atoms with Crippen molar-refractivity contribution in [1.29, 1.82) is 0 Å². The van der Waals surface area contributed by atoms with Crippen LogP contribution in [0.5, 0.6) is 0 Å². The summed E-state index contributed by atoms with van der Waals surface area (Å²) in [6.07, 6.45) is 3.03. The molecule has 0 bridgehead atoms. The minimum Gasteiger partial charge on any atom is -0.294 e. The van der Waals surface area contributed by atoms with E-state index >= 15 is 0 Å². The number of benzene rings is 2. The van der Waals surface area contributed by atoms with Crippen LogP contribution in [-0.2, 0) is 6.42 Å². The highest BCUT2D eigenvalue weighted by molar-refractivity contribution is 7.98. The zero-order valence-corrected chi connectivity index (χ0v) is 12.6. The summed E-state index contributed by atoms with van der Waals surface area (Å²) in [5.41, 5.74) is 1.53. The predicted molar refractivity (Wildman–Crippen MR) is 82.3 cm³/mol. The predicted octanol–water partition coefficient (Wildman–Crippen LogP) is 5.02. The molecule has 0 aliphatic rings. The number of rotatable bonds is 5. The topological polar surface area (TPSA) is 17.1 Å². The second-order valence-corrected chi connectivity index (χ2v) is 5.61. The zero-order valence-electron chi connectivity index (χ0n) is 11.0. The van der Waals surface area contributed by atoms with Crippen molar-refractivity contribution in [3.8, 4) is 0 Å². The van der Waals surface area contributed by atoms with E-state index in [4.69, 9.17) is 11.6 Å². The van der Waals surface area contributed by atoms with E-state index in [2.05, 4.69) is 0 Å². The van der Waals surface area contributed by atoms with Gasteiger partial charge in [-0.25, -0.2) is 4.39 Å². The van der Waals surface area contributed by atoms with E-state index in [9.17, 15) is 9.18 Å². The summed E-state index contributed by atoms with van der Waals surface area (Å²) >= 11 is 7.56. The van der Waals surface area contributed by atoms with Gasteiger partial charge in [-0.2, -0.15) is 0 Å². The molecule has 1 nitrogen and oxygen atoms in total. The van der Waals surface area contributed by atoms with E-state index < -0.39 is 5.82 Å². The number of carbonyl (C=O) groups excluding carboxylic acids is 1. The number of halogens is 2. The fourth-order valence-electron chi connectivity index (χ4n) is 2.01. The lowest BCUT2D eigenvalue weighted by atomic mass is 10.0. The molecule has 4 heteroatoms. The fraction of sp³-hybridized carbons (Fsp3) is 0.188. The first-order chi connectivity index (χ1) is 9.61. The Morgan fingerprint density at radius 2 is 2.00 bits per heavy atom. The van der Waals surface area contributed by atoms with E-state index in [1.54, 1.807) is 11.8 Å². The van der Waals surface area contributed by atoms with Crippen molar-refractivity contribution in [2.24, 2.45) is 0 Å². The molecule has 0 fully saturated rings. The Kier molecular flexibility index (Phi) is 5.21. The molecule has 104 valence electrons. The van der Waals surface area contributed by atoms with Gasteiger partial charge in [-0.15, -0.1) is 11.8 Å². The SMILES string of the molecule is CSc1ccccc1CCC(=O)c1ccc(F)cc1Cl. The molecule has 2 aromatic rings. The van der Waals surface area contributed by atoms with Crippen LogP contribution >= 0.6 is 23.4 Å². The summed E-state index contributed by atoms with van der Waals surface area (Å²) < 4.78 is 13.0. The molecular weight excluding hydrogens is 295 g/mol. The van der Waals surface area contributed by atoms with Gasteiger partial charge < -0.3 is 0 Å². The van der Waals surface area contributed by atoms with Crippen LogP contribution in [0.25, 0.3) is 0 Å². The van der Waals surface area contributed by atoms with Gasteiger partial charge in [-0.05, 0) is 42.5 Å². The summed E-state index contributed by atoms with van der Waals surface area (Å²) in [5, 5.41) is 0.174. The van der Waals surface area contributed by atoms with Crippen LogP contribution in [0.1, 0.15) is 22.3 Å². The molecule has 20 heavy (non-hydrogen) atoms. The molecule has 2 aromatic carbocycles. The van der Waals surface area contributed by atoms with Crippen LogP contribution in [0.4, 0.5) is 4.39 Å². The number of ketones is 1. The smallest absolute Gasteiger partial charge is 0.164 e. The number of carbonyl (C=O) groups is 1. The monoisotopic (exact) mass is 308 g/mol. The van der Waals surface area contributed by atoms with Gasteiger partial charge in [0.15, 0.2) is 5.78 Å². The lowest BCUT2D eigenvalue weighted by molar-refractivity contribution is 0.0983. The first-order valence-corrected chi connectivity index (χ1v) is 7.82. The minimum atomic E-state index is -0.431. The van der Waals surface area contributed by atoms with Crippen molar-refractivity contribution in [2.75, 3.05) is 6.26 Å². The molecule has 0 amide bonds. The summed E-state index contributed by atoms with van der Waals surface area (Å²) in [5.74, 6) is -0.495. The maximum atomic E-state index is 13.0. The van der Waals surface area contributed by atoms with Gasteiger partial charge in [0.05, 0.1) is 5.02 Å². The van der Waals surface area contributed by atoms with Crippen molar-refractivity contribution < 1.29 is 9.18 Å². The van der Waals surface area contributed by atoms with Crippen molar-refractivity contribution in [3.63, 3.8) is 0 Å². The Balaban J connectivity index is 2.09. The molecule has 0 saturated carbocycles. The quantitative estimate of drug-likeness (QED) is 0.570. The lowest BCUT2D eigenvalue weighted by Gasteiger charge is -2.07. The highest BCUT2D eigenvalue weighted by atomic mass is 35.5. The first kappa shape index (κ1) is 15.1. The molecule has 0 atom stereocenters. The van der Waals surface area contributed by atoms with E-state index in [1.165, 1.54) is 23.1 Å². The number of hydrogen-bond acceptors (Lipinski definition) is 2. The molecule has 0 aliphatic heterocycles. The molecule has 0 spiro atoms. The standard InChI is InChI=1S/C16H14ClFOS/c1-20-16-5-3-2-4-11(16)6-9-15(19)13-8-7-12(18)10-14(13)17/h2-5,7-8,10H,6,9H2,1H3. The lowest BCUT2D eigenvalue weighted by Crippen LogP contribution is -2.03. The molecule has 0 saturated heterocycles. The van der Waals surface area contributed by atoms with Crippen molar-refractivity contribution in [1.82, 2.24) is 0 Å². The Bertz CT molecular complexity index is 628. The Morgan fingerprint density at radius 3 is 2.70 bits per heavy atom. The van der Waals surface area contributed by atoms with Crippen molar-refractivity contribution >= 4 is 29.1 Å². The number of hydrogen-bond donors (Lipinski definition) is 0. The third kappa shape index (κ3) is 3.62. The van der Waals surface area contributed by atoms with Gasteiger partial charge in [0.25, 0.3) is 0 Å². The van der Waals surface area contributed by atoms with Gasteiger partial charge in [-0.1, -0.05) is 29.8 Å². The summed E-state index contributed by atoms with van der Waals surface area (Å²) in [4.78, 5) is 13.3. The number of Topliss-reactive ketones (excluding diaryl/α,β-unsaturated/α-hetero) is 1. The third-order valence-electron chi connectivity index (χ3n) is 3.05. The third-order valence-corrected chi connectivity index (χ3v) is 4.20. The summed E-state index contributed by atoms with van der Waals surface area (Å²) in [7, 11) is 0. The van der Waals surface area contributed by atoms with E-state index in [0.717, 1.165) is 5.56 Å². The van der Waals surface area contributed by atoms with E-state index in [1.807, 2.05) is 30.5 Å². The van der Waals surface area contributed by atoms with E-state index in [0.29, 0.717) is 18.4 Å². The Morgan fingerprint density at radius 1 is 1.25 bits per heavy atom. The van der Waals surface area contributed by atoms with Gasteiger partial charge in [-0.3, -0.25) is 4.79 Å². The second-order valence-electron chi connectivity index (χ2n) is 4.36. The Labute approximate surface area is 127 Å². The van der Waals surface area contributed by atoms with Crippen LogP contribution in [0.2, 0.25) is 5.02 Å². The minimum absolute atomic E-state index is 0.0640. The van der Waals surface area contributed by atoms with Gasteiger partial charge >= 0.3 is 0 Å². The van der Waals surface area contributed by atoms with Crippen LogP contribution < -0.4 is 0 Å². The molecule has 0 unspecified atom stereocenters. The van der Waals surface area contributed by atoms with Gasteiger partial charge in [0, 0.05) is 16.9 Å². The molecule has 0 heterocycles. The van der Waals surface area contributed by atoms with Crippen LogP contribution in [-0.4, -0.2) is 12.0 Å². The number of aryl methyl sites for hydroxylation is 1. The fourth-order valence-corrected chi connectivity index (χ4v) is 2.93. The number of thioether (sulfide) groups is 1. The second kappa shape index (κ2) is 6.91. The zero-order chi connectivity index (χ0) is 14.5. The van der Waals surface area contributed by atoms with Gasteiger partial charge in [0.1, 0.15) is 5.82 Å². The normalized spacial score (nSPS) is 10.6. The highest BCUT2D eigenvalue weighted by Crippen LogP contribution is 2.23. The van der Waals surface area contributed by atoms with Gasteiger partial charge in [0.2, 0.25) is 0 Å². The van der Waals surface area contributed by atoms with Crippen LogP contribution in [0.3, 0.4) is 0 Å². The molecule has 0 radical (unpaired) electrons. The molecular formula is C16H14ClFOS. The highest BCUT2D eigenvalue weighted by Gasteiger charge is 2.12. The average Bonchev–Trinajstić information content (AvgIpc) is 2.45. The van der Waals surface area contributed by atoms with Crippen LogP contribution in [0.15, 0.2) is 47.4 Å². The van der Waals surface area contributed by atoms with Crippen molar-refractivity contribution in [3.05, 3.63) is 64.4 Å². The van der Waals surface area contributed by atoms with Crippen molar-refractivity contribution in [2.45, 2.75) is 17.7 Å². The Hall–Kier alpha value is -1.32.